The average molecular weight is 462 g/mol. The Bertz CT molecular complexity index is 1220. The fraction of sp³-hybridized carbons (Fsp3) is 0.200. The second-order valence-electron chi connectivity index (χ2n) is 6.48. The molecule has 30 heavy (non-hydrogen) atoms. The maximum atomic E-state index is 12.6. The number of nitrogens with zero attached hydrogens (tertiary/aromatic N) is 4. The Balaban J connectivity index is 1.49. The Morgan fingerprint density at radius 3 is 2.83 bits per heavy atom. The topological polar surface area (TPSA) is 81.4 Å². The molecular formula is C20H17Cl2N5O2S. The van der Waals surface area contributed by atoms with Gasteiger partial charge in [0.15, 0.2) is 11.9 Å². The van der Waals surface area contributed by atoms with Crippen molar-refractivity contribution in [1.82, 2.24) is 19.8 Å². The zero-order valence-electron chi connectivity index (χ0n) is 16.1. The number of carbonyl (C=O) groups excluding carboxylic acids is 1. The summed E-state index contributed by atoms with van der Waals surface area (Å²) in [7, 11) is 0. The first kappa shape index (κ1) is 20.6. The zero-order chi connectivity index (χ0) is 21.3. The van der Waals surface area contributed by atoms with Gasteiger partial charge in [0, 0.05) is 22.7 Å². The van der Waals surface area contributed by atoms with Crippen LogP contribution in [-0.2, 0) is 11.2 Å². The molecule has 0 fully saturated rings. The van der Waals surface area contributed by atoms with Crippen molar-refractivity contribution in [2.75, 3.05) is 5.32 Å². The quantitative estimate of drug-likeness (QED) is 0.430. The number of benzene rings is 2. The second-order valence-corrected chi connectivity index (χ2v) is 8.28. The first-order chi connectivity index (χ1) is 14.4. The molecule has 1 amide bonds. The average Bonchev–Trinajstić information content (AvgIpc) is 3.31. The van der Waals surface area contributed by atoms with Crippen LogP contribution in [0.1, 0.15) is 19.7 Å². The van der Waals surface area contributed by atoms with Gasteiger partial charge in [-0.1, -0.05) is 53.6 Å². The monoisotopic (exact) mass is 461 g/mol. The van der Waals surface area contributed by atoms with Crippen molar-refractivity contribution in [3.63, 3.8) is 0 Å². The van der Waals surface area contributed by atoms with Gasteiger partial charge in [-0.25, -0.2) is 0 Å². The predicted molar refractivity (Wildman–Crippen MR) is 119 cm³/mol. The van der Waals surface area contributed by atoms with Crippen LogP contribution in [0.15, 0.2) is 42.5 Å². The van der Waals surface area contributed by atoms with E-state index in [1.165, 1.54) is 11.3 Å². The van der Waals surface area contributed by atoms with Gasteiger partial charge in [-0.3, -0.25) is 4.79 Å². The highest BCUT2D eigenvalue weighted by molar-refractivity contribution is 7.19. The number of hydrogen-bond acceptors (Lipinski definition) is 6. The Morgan fingerprint density at radius 2 is 2.07 bits per heavy atom. The standard InChI is InChI=1S/C20H17Cl2N5O2S/c1-3-17-24-25-20-27(17)26-19(30-20)12-5-4-6-14(9-12)23-18(28)11(2)29-16-8-7-13(21)10-15(16)22/h4-11H,3H2,1-2H3,(H,23,28)/t11-/m0/s1. The van der Waals surface area contributed by atoms with Gasteiger partial charge in [-0.15, -0.1) is 10.2 Å². The molecule has 0 aliphatic rings. The molecule has 2 heterocycles. The Morgan fingerprint density at radius 1 is 1.23 bits per heavy atom. The molecule has 1 atom stereocenters. The maximum Gasteiger partial charge on any atom is 0.265 e. The molecule has 0 aliphatic heterocycles. The van der Waals surface area contributed by atoms with Crippen LogP contribution in [0.3, 0.4) is 0 Å². The number of anilines is 1. The fourth-order valence-electron chi connectivity index (χ4n) is 2.78. The summed E-state index contributed by atoms with van der Waals surface area (Å²) in [6.07, 6.45) is -0.00986. The van der Waals surface area contributed by atoms with Crippen molar-refractivity contribution in [2.24, 2.45) is 0 Å². The van der Waals surface area contributed by atoms with Gasteiger partial charge in [-0.05, 0) is 37.3 Å². The molecule has 2 aromatic carbocycles. The highest BCUT2D eigenvalue weighted by Gasteiger charge is 2.17. The maximum absolute atomic E-state index is 12.6. The van der Waals surface area contributed by atoms with Crippen molar-refractivity contribution in [3.8, 4) is 16.3 Å². The molecule has 2 aromatic heterocycles. The molecule has 0 unspecified atom stereocenters. The fourth-order valence-corrected chi connectivity index (χ4v) is 4.09. The van der Waals surface area contributed by atoms with Crippen molar-refractivity contribution >= 4 is 51.1 Å². The summed E-state index contributed by atoms with van der Waals surface area (Å²) in [6.45, 7) is 3.66. The Kier molecular flexibility index (Phi) is 5.90. The van der Waals surface area contributed by atoms with E-state index in [-0.39, 0.29) is 5.91 Å². The van der Waals surface area contributed by atoms with Crippen LogP contribution >= 0.6 is 34.5 Å². The molecule has 0 saturated carbocycles. The van der Waals surface area contributed by atoms with Crippen molar-refractivity contribution in [1.29, 1.82) is 0 Å². The minimum Gasteiger partial charge on any atom is -0.479 e. The number of aryl methyl sites for hydroxylation is 1. The lowest BCUT2D eigenvalue weighted by molar-refractivity contribution is -0.122. The van der Waals surface area contributed by atoms with E-state index in [1.807, 2.05) is 25.1 Å². The summed E-state index contributed by atoms with van der Waals surface area (Å²) in [5, 5.41) is 17.3. The zero-order valence-corrected chi connectivity index (χ0v) is 18.4. The molecule has 4 rings (SSSR count). The molecule has 0 spiro atoms. The van der Waals surface area contributed by atoms with Gasteiger partial charge in [0.1, 0.15) is 10.8 Å². The number of nitrogens with one attached hydrogen (secondary N) is 1. The van der Waals surface area contributed by atoms with Gasteiger partial charge in [0.05, 0.1) is 5.02 Å². The van der Waals surface area contributed by atoms with Gasteiger partial charge < -0.3 is 10.1 Å². The van der Waals surface area contributed by atoms with E-state index in [4.69, 9.17) is 27.9 Å². The molecule has 0 saturated heterocycles. The molecular weight excluding hydrogens is 445 g/mol. The number of amides is 1. The molecule has 4 aromatic rings. The van der Waals surface area contributed by atoms with Crippen LogP contribution < -0.4 is 10.1 Å². The minimum atomic E-state index is -0.756. The van der Waals surface area contributed by atoms with E-state index in [0.29, 0.717) is 21.5 Å². The SMILES string of the molecule is CCc1nnc2sc(-c3cccc(NC(=O)[C@H](C)Oc4ccc(Cl)cc4Cl)c3)nn12. The third-order valence-electron chi connectivity index (χ3n) is 4.32. The molecule has 154 valence electrons. The minimum absolute atomic E-state index is 0.301. The van der Waals surface area contributed by atoms with Crippen LogP contribution in [0.2, 0.25) is 10.0 Å². The summed E-state index contributed by atoms with van der Waals surface area (Å²) in [4.78, 5) is 13.3. The molecule has 7 nitrogen and oxygen atoms in total. The van der Waals surface area contributed by atoms with E-state index >= 15 is 0 Å². The summed E-state index contributed by atoms with van der Waals surface area (Å²) in [5.74, 6) is 0.900. The van der Waals surface area contributed by atoms with Crippen LogP contribution in [-0.4, -0.2) is 31.8 Å². The Labute approximate surface area is 186 Å². The first-order valence-electron chi connectivity index (χ1n) is 9.18. The Hall–Kier alpha value is -2.68. The van der Waals surface area contributed by atoms with Gasteiger partial charge in [0.25, 0.3) is 5.91 Å². The van der Waals surface area contributed by atoms with Gasteiger partial charge >= 0.3 is 0 Å². The highest BCUT2D eigenvalue weighted by Crippen LogP contribution is 2.29. The van der Waals surface area contributed by atoms with Crippen LogP contribution in [0, 0.1) is 0 Å². The molecule has 1 N–H and O–H groups in total. The van der Waals surface area contributed by atoms with Gasteiger partial charge in [0.2, 0.25) is 4.96 Å². The number of rotatable bonds is 6. The molecule has 0 bridgehead atoms. The number of fused-ring (bicyclic) bond motifs is 1. The van der Waals surface area contributed by atoms with Crippen LogP contribution in [0.5, 0.6) is 5.75 Å². The van der Waals surface area contributed by atoms with Crippen LogP contribution in [0.4, 0.5) is 5.69 Å². The summed E-state index contributed by atoms with van der Waals surface area (Å²) < 4.78 is 7.42. The predicted octanol–water partition coefficient (Wildman–Crippen LogP) is 5.13. The lowest BCUT2D eigenvalue weighted by atomic mass is 10.2. The second kappa shape index (κ2) is 8.59. The van der Waals surface area contributed by atoms with E-state index in [0.717, 1.165) is 27.8 Å². The third-order valence-corrected chi connectivity index (χ3v) is 5.79. The van der Waals surface area contributed by atoms with Gasteiger partial charge in [-0.2, -0.15) is 9.61 Å². The number of carbonyl (C=O) groups is 1. The van der Waals surface area contributed by atoms with E-state index in [2.05, 4.69) is 20.6 Å². The lowest BCUT2D eigenvalue weighted by Gasteiger charge is -2.16. The van der Waals surface area contributed by atoms with E-state index in [1.54, 1.807) is 35.7 Å². The van der Waals surface area contributed by atoms with Crippen LogP contribution in [0.25, 0.3) is 15.5 Å². The molecule has 0 radical (unpaired) electrons. The molecule has 10 heteroatoms. The normalized spacial score (nSPS) is 12.1. The van der Waals surface area contributed by atoms with E-state index < -0.39 is 6.10 Å². The van der Waals surface area contributed by atoms with Crippen molar-refractivity contribution in [2.45, 2.75) is 26.4 Å². The number of halogens is 2. The molecule has 0 aliphatic carbocycles. The number of aromatic nitrogens is 4. The van der Waals surface area contributed by atoms with Crippen molar-refractivity contribution in [3.05, 3.63) is 58.3 Å². The highest BCUT2D eigenvalue weighted by atomic mass is 35.5. The summed E-state index contributed by atoms with van der Waals surface area (Å²) in [5.41, 5.74) is 1.51. The smallest absolute Gasteiger partial charge is 0.265 e. The van der Waals surface area contributed by atoms with E-state index in [9.17, 15) is 4.79 Å². The van der Waals surface area contributed by atoms with Crippen molar-refractivity contribution < 1.29 is 9.53 Å². The lowest BCUT2D eigenvalue weighted by Crippen LogP contribution is -2.30. The number of hydrogen-bond donors (Lipinski definition) is 1. The summed E-state index contributed by atoms with van der Waals surface area (Å²) >= 11 is 13.4. The first-order valence-corrected chi connectivity index (χ1v) is 10.8. The summed E-state index contributed by atoms with van der Waals surface area (Å²) in [6, 6.07) is 12.3. The third kappa shape index (κ3) is 4.26. The number of ether oxygens (including phenoxy) is 1. The largest absolute Gasteiger partial charge is 0.479 e.